The van der Waals surface area contributed by atoms with Crippen LogP contribution in [0.15, 0.2) is 28.7 Å². The molecule has 1 aromatic heterocycles. The van der Waals surface area contributed by atoms with Crippen LogP contribution in [0.4, 0.5) is 0 Å². The van der Waals surface area contributed by atoms with Crippen molar-refractivity contribution in [1.29, 1.82) is 0 Å². The van der Waals surface area contributed by atoms with Crippen LogP contribution < -0.4 is 5.73 Å². The highest BCUT2D eigenvalue weighted by atomic mass is 79.9. The van der Waals surface area contributed by atoms with E-state index in [2.05, 4.69) is 34.9 Å². The van der Waals surface area contributed by atoms with Crippen molar-refractivity contribution in [3.05, 3.63) is 45.7 Å². The maximum atomic E-state index is 12.6. The Morgan fingerprint density at radius 2 is 1.84 bits per heavy atom. The number of hydrogen-bond acceptors (Lipinski definition) is 3. The lowest BCUT2D eigenvalue weighted by Crippen LogP contribution is -2.39. The van der Waals surface area contributed by atoms with Gasteiger partial charge in [-0.1, -0.05) is 13.8 Å². The summed E-state index contributed by atoms with van der Waals surface area (Å²) in [6.45, 7) is 9.23. The summed E-state index contributed by atoms with van der Waals surface area (Å²) in [7, 11) is 1.81. The number of carbonyl (C=O) groups is 1. The molecule has 2 N–H and O–H groups in total. The van der Waals surface area contributed by atoms with E-state index < -0.39 is 0 Å². The lowest BCUT2D eigenvalue weighted by Gasteiger charge is -2.29. The first-order valence-corrected chi connectivity index (χ1v) is 8.73. The van der Waals surface area contributed by atoms with Crippen LogP contribution in [0.2, 0.25) is 0 Å². The monoisotopic (exact) mass is 428 g/mol. The Balaban J connectivity index is 0.00000312. The van der Waals surface area contributed by atoms with Crippen LogP contribution in [0.1, 0.15) is 35.6 Å². The number of aryl methyl sites for hydroxylation is 1. The predicted molar refractivity (Wildman–Crippen MR) is 108 cm³/mol. The molecule has 1 heterocycles. The predicted octanol–water partition coefficient (Wildman–Crippen LogP) is 3.73. The molecule has 0 radical (unpaired) electrons. The number of rotatable bonds is 5. The molecule has 138 valence electrons. The summed E-state index contributed by atoms with van der Waals surface area (Å²) in [5, 5.41) is 4.51. The van der Waals surface area contributed by atoms with Crippen LogP contribution >= 0.6 is 28.3 Å². The van der Waals surface area contributed by atoms with Crippen molar-refractivity contribution in [2.45, 2.75) is 27.7 Å². The summed E-state index contributed by atoms with van der Waals surface area (Å²) in [5.74, 6) is -0.00220. The summed E-state index contributed by atoms with van der Waals surface area (Å²) in [5.41, 5.74) is 9.23. The molecule has 1 amide bonds. The van der Waals surface area contributed by atoms with E-state index in [-0.39, 0.29) is 23.7 Å². The highest BCUT2D eigenvalue weighted by Crippen LogP contribution is 2.23. The summed E-state index contributed by atoms with van der Waals surface area (Å²) in [6, 6.07) is 7.52. The molecule has 2 rings (SSSR count). The minimum absolute atomic E-state index is 0. The quantitative estimate of drug-likeness (QED) is 0.787. The number of amides is 1. The Morgan fingerprint density at radius 1 is 1.28 bits per heavy atom. The summed E-state index contributed by atoms with van der Waals surface area (Å²) < 4.78 is 2.88. The van der Waals surface area contributed by atoms with E-state index in [1.165, 1.54) is 0 Å². The highest BCUT2D eigenvalue weighted by molar-refractivity contribution is 9.10. The van der Waals surface area contributed by atoms with E-state index in [1.807, 2.05) is 49.8 Å². The molecule has 5 nitrogen and oxygen atoms in total. The van der Waals surface area contributed by atoms with Crippen molar-refractivity contribution in [3.63, 3.8) is 0 Å². The molecule has 0 bridgehead atoms. The normalized spacial score (nSPS) is 11.2. The molecule has 0 unspecified atom stereocenters. The third kappa shape index (κ3) is 4.84. The van der Waals surface area contributed by atoms with Gasteiger partial charge in [0, 0.05) is 19.2 Å². The van der Waals surface area contributed by atoms with Gasteiger partial charge in [0.2, 0.25) is 0 Å². The molecule has 7 heteroatoms. The summed E-state index contributed by atoms with van der Waals surface area (Å²) in [4.78, 5) is 14.3. The average Bonchev–Trinajstić information content (AvgIpc) is 2.81. The number of aromatic nitrogens is 2. The van der Waals surface area contributed by atoms with Crippen LogP contribution in [-0.4, -0.2) is 40.7 Å². The maximum Gasteiger partial charge on any atom is 0.253 e. The number of hydrogen-bond donors (Lipinski definition) is 1. The Kier molecular flexibility index (Phi) is 7.23. The third-order valence-corrected chi connectivity index (χ3v) is 5.27. The Hall–Kier alpha value is -1.37. The smallest absolute Gasteiger partial charge is 0.253 e. The zero-order valence-electron chi connectivity index (χ0n) is 15.3. The van der Waals surface area contributed by atoms with E-state index in [0.717, 1.165) is 21.5 Å². The number of carbonyl (C=O) groups excluding carboxylic acids is 1. The maximum absolute atomic E-state index is 12.6. The fraction of sp³-hybridized carbons (Fsp3) is 0.444. The second kappa shape index (κ2) is 8.34. The van der Waals surface area contributed by atoms with Crippen molar-refractivity contribution < 1.29 is 4.79 Å². The number of halogens is 2. The summed E-state index contributed by atoms with van der Waals surface area (Å²) >= 11 is 3.53. The first-order chi connectivity index (χ1) is 11.2. The average molecular weight is 430 g/mol. The van der Waals surface area contributed by atoms with E-state index in [1.54, 1.807) is 4.90 Å². The standard InChI is InChI=1S/C18H25BrN4O.ClH/c1-12-16(19)13(2)23(21-12)15-8-6-14(7-9-15)17(24)22(5)11-18(3,4)10-20;/h6-9H,10-11,20H2,1-5H3;1H. The van der Waals surface area contributed by atoms with E-state index in [0.29, 0.717) is 18.7 Å². The lowest BCUT2D eigenvalue weighted by atomic mass is 9.93. The Morgan fingerprint density at radius 3 is 2.28 bits per heavy atom. The fourth-order valence-corrected chi connectivity index (χ4v) is 2.87. The zero-order valence-corrected chi connectivity index (χ0v) is 17.7. The Bertz CT molecular complexity index is 740. The van der Waals surface area contributed by atoms with Gasteiger partial charge in [0.1, 0.15) is 0 Å². The van der Waals surface area contributed by atoms with Gasteiger partial charge >= 0.3 is 0 Å². The Labute approximate surface area is 164 Å². The zero-order chi connectivity index (χ0) is 18.1. The van der Waals surface area contributed by atoms with Gasteiger partial charge in [-0.2, -0.15) is 5.10 Å². The fourth-order valence-electron chi connectivity index (χ4n) is 2.62. The van der Waals surface area contributed by atoms with Gasteiger partial charge < -0.3 is 10.6 Å². The van der Waals surface area contributed by atoms with E-state index in [4.69, 9.17) is 5.73 Å². The van der Waals surface area contributed by atoms with E-state index >= 15 is 0 Å². The molecule has 0 saturated heterocycles. The summed E-state index contributed by atoms with van der Waals surface area (Å²) in [6.07, 6.45) is 0. The molecule has 2 aromatic rings. The number of nitrogens with zero attached hydrogens (tertiary/aromatic N) is 3. The van der Waals surface area contributed by atoms with Crippen molar-refractivity contribution in [2.75, 3.05) is 20.1 Å². The molecule has 0 fully saturated rings. The van der Waals surface area contributed by atoms with Gasteiger partial charge in [-0.05, 0) is 66.0 Å². The molecule has 0 saturated carbocycles. The van der Waals surface area contributed by atoms with Gasteiger partial charge in [0.25, 0.3) is 5.91 Å². The van der Waals surface area contributed by atoms with Crippen molar-refractivity contribution in [3.8, 4) is 5.69 Å². The SMILES string of the molecule is Cc1nn(-c2ccc(C(=O)N(C)CC(C)(C)CN)cc2)c(C)c1Br.Cl. The topological polar surface area (TPSA) is 64.2 Å². The number of nitrogens with two attached hydrogens (primary N) is 1. The molecule has 0 spiro atoms. The van der Waals surface area contributed by atoms with Crippen molar-refractivity contribution >= 4 is 34.2 Å². The molecule has 0 atom stereocenters. The van der Waals surface area contributed by atoms with Gasteiger partial charge in [0.05, 0.1) is 21.5 Å². The lowest BCUT2D eigenvalue weighted by molar-refractivity contribution is 0.0740. The molecule has 0 aliphatic heterocycles. The van der Waals surface area contributed by atoms with Crippen LogP contribution in [0.5, 0.6) is 0 Å². The van der Waals surface area contributed by atoms with Crippen LogP contribution in [0.25, 0.3) is 5.69 Å². The van der Waals surface area contributed by atoms with Gasteiger partial charge in [0.15, 0.2) is 0 Å². The second-order valence-electron chi connectivity index (χ2n) is 6.97. The molecular formula is C18H26BrClN4O. The van der Waals surface area contributed by atoms with Gasteiger partial charge in [-0.15, -0.1) is 12.4 Å². The molecule has 1 aromatic carbocycles. The molecule has 0 aliphatic carbocycles. The largest absolute Gasteiger partial charge is 0.341 e. The van der Waals surface area contributed by atoms with Crippen molar-refractivity contribution in [1.82, 2.24) is 14.7 Å². The minimum Gasteiger partial charge on any atom is -0.341 e. The van der Waals surface area contributed by atoms with Gasteiger partial charge in [-0.3, -0.25) is 4.79 Å². The second-order valence-corrected chi connectivity index (χ2v) is 7.77. The van der Waals surface area contributed by atoms with E-state index in [9.17, 15) is 4.79 Å². The molecule has 0 aliphatic rings. The molecular weight excluding hydrogens is 404 g/mol. The minimum atomic E-state index is -0.0969. The first kappa shape index (κ1) is 21.7. The van der Waals surface area contributed by atoms with Crippen LogP contribution in [0, 0.1) is 19.3 Å². The third-order valence-electron chi connectivity index (χ3n) is 4.13. The number of benzene rings is 1. The molecule has 25 heavy (non-hydrogen) atoms. The first-order valence-electron chi connectivity index (χ1n) is 7.94. The van der Waals surface area contributed by atoms with Gasteiger partial charge in [-0.25, -0.2) is 4.68 Å². The van der Waals surface area contributed by atoms with Crippen molar-refractivity contribution in [2.24, 2.45) is 11.1 Å². The van der Waals surface area contributed by atoms with Crippen LogP contribution in [-0.2, 0) is 0 Å². The highest BCUT2D eigenvalue weighted by Gasteiger charge is 2.22. The van der Waals surface area contributed by atoms with Crippen LogP contribution in [0.3, 0.4) is 0 Å².